The molecule has 1 aliphatic carbocycles. The lowest BCUT2D eigenvalue weighted by Crippen LogP contribution is -2.42. The number of fused-ring (bicyclic) bond motifs is 1. The van der Waals surface area contributed by atoms with Crippen molar-refractivity contribution in [3.8, 4) is 0 Å². The summed E-state index contributed by atoms with van der Waals surface area (Å²) < 4.78 is 0. The molecular weight excluding hydrogens is 330 g/mol. The highest BCUT2D eigenvalue weighted by Gasteiger charge is 2.22. The number of para-hydroxylation sites is 1. The zero-order chi connectivity index (χ0) is 18.7. The molecule has 0 saturated carbocycles. The zero-order valence-electron chi connectivity index (χ0n) is 15.0. The largest absolute Gasteiger partial charge is 0.373 e. The summed E-state index contributed by atoms with van der Waals surface area (Å²) in [6.45, 7) is 2.48. The standard InChI is InChI=1S/C20H23N3O3/c1-13(12-23(2)14-7-4-3-5-8-14)21-19(25)16-11-15-17(22-20(16)26)9-6-10-18(15)24/h3-5,7-8,11,13H,6,9-10,12H2,1-2H3,(H,21,25)(H,22,26)/t13-/m1/s1. The van der Waals surface area contributed by atoms with Gasteiger partial charge in [0.05, 0.1) is 0 Å². The molecular formula is C20H23N3O3. The summed E-state index contributed by atoms with van der Waals surface area (Å²) in [5, 5.41) is 2.85. The molecule has 26 heavy (non-hydrogen) atoms. The quantitative estimate of drug-likeness (QED) is 0.863. The van der Waals surface area contributed by atoms with Gasteiger partial charge in [0.25, 0.3) is 11.5 Å². The van der Waals surface area contributed by atoms with Crippen molar-refractivity contribution >= 4 is 17.4 Å². The van der Waals surface area contributed by atoms with E-state index >= 15 is 0 Å². The van der Waals surface area contributed by atoms with E-state index in [1.807, 2.05) is 49.2 Å². The number of benzene rings is 1. The normalized spacial score (nSPS) is 14.5. The summed E-state index contributed by atoms with van der Waals surface area (Å²) in [7, 11) is 1.95. The molecule has 6 nitrogen and oxygen atoms in total. The van der Waals surface area contributed by atoms with E-state index in [1.54, 1.807) is 0 Å². The van der Waals surface area contributed by atoms with Gasteiger partial charge in [-0.1, -0.05) is 18.2 Å². The number of anilines is 1. The fraction of sp³-hybridized carbons (Fsp3) is 0.350. The number of carbonyl (C=O) groups is 2. The predicted octanol–water partition coefficient (Wildman–Crippen LogP) is 2.15. The van der Waals surface area contributed by atoms with Crippen LogP contribution >= 0.6 is 0 Å². The third-order valence-electron chi connectivity index (χ3n) is 4.62. The van der Waals surface area contributed by atoms with Crippen LogP contribution < -0.4 is 15.8 Å². The van der Waals surface area contributed by atoms with Gasteiger partial charge in [-0.2, -0.15) is 0 Å². The van der Waals surface area contributed by atoms with Gasteiger partial charge in [-0.15, -0.1) is 0 Å². The minimum absolute atomic E-state index is 0.00628. The minimum atomic E-state index is -0.457. The molecule has 136 valence electrons. The number of hydrogen-bond acceptors (Lipinski definition) is 4. The van der Waals surface area contributed by atoms with Crippen LogP contribution in [0.15, 0.2) is 41.2 Å². The number of nitrogens with zero attached hydrogens (tertiary/aromatic N) is 1. The van der Waals surface area contributed by atoms with Crippen LogP contribution in [0.1, 0.15) is 46.2 Å². The highest BCUT2D eigenvalue weighted by molar-refractivity contribution is 6.01. The highest BCUT2D eigenvalue weighted by Crippen LogP contribution is 2.18. The summed E-state index contributed by atoms with van der Waals surface area (Å²) in [5.41, 5.74) is 1.70. The van der Waals surface area contributed by atoms with Crippen LogP contribution in [0.2, 0.25) is 0 Å². The van der Waals surface area contributed by atoms with Crippen LogP contribution in [-0.4, -0.2) is 36.3 Å². The predicted molar refractivity (Wildman–Crippen MR) is 101 cm³/mol. The third-order valence-corrected chi connectivity index (χ3v) is 4.62. The van der Waals surface area contributed by atoms with Crippen molar-refractivity contribution in [3.05, 3.63) is 63.6 Å². The summed E-state index contributed by atoms with van der Waals surface area (Å²) in [6, 6.07) is 11.1. The number of pyridine rings is 1. The van der Waals surface area contributed by atoms with E-state index in [9.17, 15) is 14.4 Å². The lowest BCUT2D eigenvalue weighted by Gasteiger charge is -2.24. The molecule has 0 aliphatic heterocycles. The first-order valence-electron chi connectivity index (χ1n) is 8.82. The molecule has 1 amide bonds. The van der Waals surface area contributed by atoms with Crippen molar-refractivity contribution in [1.29, 1.82) is 0 Å². The molecule has 0 fully saturated rings. The van der Waals surface area contributed by atoms with Crippen molar-refractivity contribution in [1.82, 2.24) is 10.3 Å². The second kappa shape index (κ2) is 7.56. The molecule has 1 atom stereocenters. The number of aryl methyl sites for hydroxylation is 1. The molecule has 1 aliphatic rings. The Labute approximate surface area is 152 Å². The fourth-order valence-corrected chi connectivity index (χ4v) is 3.29. The van der Waals surface area contributed by atoms with Gasteiger partial charge in [-0.25, -0.2) is 0 Å². The SMILES string of the molecule is C[C@H](CN(C)c1ccccc1)NC(=O)c1cc2c([nH]c1=O)CCCC2=O. The van der Waals surface area contributed by atoms with Gasteiger partial charge in [-0.05, 0) is 38.0 Å². The van der Waals surface area contributed by atoms with Crippen LogP contribution in [0.25, 0.3) is 0 Å². The van der Waals surface area contributed by atoms with E-state index in [4.69, 9.17) is 0 Å². The maximum absolute atomic E-state index is 12.5. The first-order valence-corrected chi connectivity index (χ1v) is 8.82. The van der Waals surface area contributed by atoms with Gasteiger partial charge in [0.1, 0.15) is 5.56 Å². The Morgan fingerprint density at radius 2 is 1.96 bits per heavy atom. The number of aromatic nitrogens is 1. The van der Waals surface area contributed by atoms with Crippen molar-refractivity contribution in [3.63, 3.8) is 0 Å². The topological polar surface area (TPSA) is 82.3 Å². The molecule has 0 unspecified atom stereocenters. The summed E-state index contributed by atoms with van der Waals surface area (Å²) in [5.74, 6) is -0.477. The van der Waals surface area contributed by atoms with Crippen molar-refractivity contribution in [2.24, 2.45) is 0 Å². The Bertz CT molecular complexity index is 874. The number of likely N-dealkylation sites (N-methyl/N-ethyl adjacent to an activating group) is 1. The smallest absolute Gasteiger partial charge is 0.261 e. The van der Waals surface area contributed by atoms with E-state index in [-0.39, 0.29) is 17.4 Å². The van der Waals surface area contributed by atoms with Crippen LogP contribution in [-0.2, 0) is 6.42 Å². The number of rotatable bonds is 5. The van der Waals surface area contributed by atoms with Gasteiger partial charge in [0, 0.05) is 43.0 Å². The van der Waals surface area contributed by atoms with Crippen molar-refractivity contribution in [2.75, 3.05) is 18.5 Å². The Hall–Kier alpha value is -2.89. The number of aromatic amines is 1. The second-order valence-corrected chi connectivity index (χ2v) is 6.77. The number of hydrogen-bond donors (Lipinski definition) is 2. The molecule has 0 spiro atoms. The van der Waals surface area contributed by atoms with Gasteiger partial charge in [0.2, 0.25) is 0 Å². The van der Waals surface area contributed by atoms with E-state index < -0.39 is 11.5 Å². The summed E-state index contributed by atoms with van der Waals surface area (Å²) >= 11 is 0. The molecule has 2 aromatic rings. The molecule has 0 saturated heterocycles. The molecule has 0 bridgehead atoms. The van der Waals surface area contributed by atoms with Gasteiger partial charge in [0.15, 0.2) is 5.78 Å². The number of ketones is 1. The fourth-order valence-electron chi connectivity index (χ4n) is 3.29. The number of Topliss-reactive ketones (excluding diaryl/α,β-unsaturated/α-hetero) is 1. The lowest BCUT2D eigenvalue weighted by molar-refractivity contribution is 0.0939. The Morgan fingerprint density at radius 1 is 1.23 bits per heavy atom. The van der Waals surface area contributed by atoms with Gasteiger partial charge >= 0.3 is 0 Å². The Kier molecular flexibility index (Phi) is 5.21. The first kappa shape index (κ1) is 17.9. The Balaban J connectivity index is 1.71. The molecule has 0 radical (unpaired) electrons. The molecule has 6 heteroatoms. The average molecular weight is 353 g/mol. The summed E-state index contributed by atoms with van der Waals surface area (Å²) in [4.78, 5) is 41.5. The maximum Gasteiger partial charge on any atom is 0.261 e. The minimum Gasteiger partial charge on any atom is -0.373 e. The van der Waals surface area contributed by atoms with Crippen LogP contribution in [0.3, 0.4) is 0 Å². The summed E-state index contributed by atoms with van der Waals surface area (Å²) in [6.07, 6.45) is 1.85. The maximum atomic E-state index is 12.5. The number of carbonyl (C=O) groups excluding carboxylic acids is 2. The van der Waals surface area contributed by atoms with Gasteiger partial charge in [-0.3, -0.25) is 14.4 Å². The highest BCUT2D eigenvalue weighted by atomic mass is 16.2. The monoisotopic (exact) mass is 353 g/mol. The van der Waals surface area contributed by atoms with E-state index in [2.05, 4.69) is 10.3 Å². The molecule has 3 rings (SSSR count). The van der Waals surface area contributed by atoms with Crippen LogP contribution in [0, 0.1) is 0 Å². The molecule has 2 N–H and O–H groups in total. The lowest BCUT2D eigenvalue weighted by atomic mass is 9.93. The average Bonchev–Trinajstić information content (AvgIpc) is 2.62. The zero-order valence-corrected chi connectivity index (χ0v) is 15.0. The van der Waals surface area contributed by atoms with E-state index in [1.165, 1.54) is 6.07 Å². The first-order chi connectivity index (χ1) is 12.5. The van der Waals surface area contributed by atoms with Crippen LogP contribution in [0.4, 0.5) is 5.69 Å². The van der Waals surface area contributed by atoms with E-state index in [0.29, 0.717) is 30.6 Å². The van der Waals surface area contributed by atoms with Crippen molar-refractivity contribution in [2.45, 2.75) is 32.2 Å². The molecule has 1 aromatic heterocycles. The number of H-pyrrole nitrogens is 1. The second-order valence-electron chi connectivity index (χ2n) is 6.77. The molecule has 1 aromatic carbocycles. The molecule has 1 heterocycles. The van der Waals surface area contributed by atoms with Crippen LogP contribution in [0.5, 0.6) is 0 Å². The van der Waals surface area contributed by atoms with Gasteiger partial charge < -0.3 is 15.2 Å². The third kappa shape index (κ3) is 3.85. The number of nitrogens with one attached hydrogen (secondary N) is 2. The Morgan fingerprint density at radius 3 is 2.69 bits per heavy atom. The van der Waals surface area contributed by atoms with Crippen molar-refractivity contribution < 1.29 is 9.59 Å². The number of amides is 1. The van der Waals surface area contributed by atoms with E-state index in [0.717, 1.165) is 12.1 Å².